The number of carbonyl (C=O) groups excluding carboxylic acids is 1. The van der Waals surface area contributed by atoms with Crippen LogP contribution in [0.3, 0.4) is 0 Å². The lowest BCUT2D eigenvalue weighted by molar-refractivity contribution is 0.0599. The molecule has 0 fully saturated rings. The minimum atomic E-state index is -4.46. The fraction of sp³-hybridized carbons (Fsp3) is 0.118. The third kappa shape index (κ3) is 5.61. The molecular formula is C17H13BrCl2NO7PS2. The Balaban J connectivity index is 1.78. The van der Waals surface area contributed by atoms with Gasteiger partial charge in [-0.15, -0.1) is 11.3 Å². The highest BCUT2D eigenvalue weighted by atomic mass is 79.9. The Morgan fingerprint density at radius 3 is 2.55 bits per heavy atom. The molecule has 0 saturated carbocycles. The van der Waals surface area contributed by atoms with Gasteiger partial charge < -0.3 is 14.2 Å². The molecule has 3 aromatic rings. The fourth-order valence-electron chi connectivity index (χ4n) is 2.43. The van der Waals surface area contributed by atoms with Gasteiger partial charge in [0.1, 0.15) is 16.2 Å². The lowest BCUT2D eigenvalue weighted by atomic mass is 10.2. The van der Waals surface area contributed by atoms with Crippen molar-refractivity contribution >= 4 is 84.1 Å². The van der Waals surface area contributed by atoms with E-state index in [0.29, 0.717) is 24.6 Å². The molecule has 14 heteroatoms. The maximum Gasteiger partial charge on any atom is 0.391 e. The molecule has 0 amide bonds. The van der Waals surface area contributed by atoms with Crippen LogP contribution in [0.5, 0.6) is 5.75 Å². The summed E-state index contributed by atoms with van der Waals surface area (Å²) in [6.07, 6.45) is -0.908. The standard InChI is InChI=1S/C17H13BrCl2NO7PS2/c1-27-17(22)10-6-9(2-3-12(10)18)28-29(23,24)8-21-31(25,26)15-7-11-13(19)4-5-14(20)16(11)30-15/h2-7,21H,8H2,1H3,(H,23,24). The van der Waals surface area contributed by atoms with E-state index >= 15 is 0 Å². The van der Waals surface area contributed by atoms with Crippen molar-refractivity contribution in [3.8, 4) is 5.75 Å². The minimum absolute atomic E-state index is 0.0691. The number of sulfonamides is 1. The van der Waals surface area contributed by atoms with Crippen molar-refractivity contribution in [1.82, 2.24) is 4.72 Å². The number of nitrogens with one attached hydrogen (secondary N) is 1. The molecule has 0 radical (unpaired) electrons. The van der Waals surface area contributed by atoms with Crippen LogP contribution in [0.2, 0.25) is 10.0 Å². The summed E-state index contributed by atoms with van der Waals surface area (Å²) in [4.78, 5) is 21.8. The van der Waals surface area contributed by atoms with Gasteiger partial charge in [0.2, 0.25) is 0 Å². The largest absolute Gasteiger partial charge is 0.465 e. The molecule has 2 N–H and O–H groups in total. The first kappa shape index (κ1) is 24.5. The summed E-state index contributed by atoms with van der Waals surface area (Å²) in [7, 11) is -7.44. The van der Waals surface area contributed by atoms with Gasteiger partial charge in [0.15, 0.2) is 0 Å². The number of rotatable bonds is 7. The summed E-state index contributed by atoms with van der Waals surface area (Å²) in [6.45, 7) is 0. The first-order valence-corrected chi connectivity index (χ1v) is 13.8. The molecule has 2 aromatic carbocycles. The Morgan fingerprint density at radius 2 is 1.90 bits per heavy atom. The molecule has 1 aromatic heterocycles. The van der Waals surface area contributed by atoms with Crippen LogP contribution in [0.4, 0.5) is 0 Å². The number of thiophene rings is 1. The van der Waals surface area contributed by atoms with Crippen LogP contribution < -0.4 is 9.25 Å². The maximum atomic E-state index is 12.6. The van der Waals surface area contributed by atoms with Gasteiger partial charge in [0.25, 0.3) is 10.0 Å². The average Bonchev–Trinajstić information content (AvgIpc) is 3.18. The van der Waals surface area contributed by atoms with Crippen LogP contribution in [-0.2, 0) is 19.3 Å². The zero-order chi connectivity index (χ0) is 23.0. The zero-order valence-corrected chi connectivity index (χ0v) is 21.1. The van der Waals surface area contributed by atoms with Gasteiger partial charge in [0, 0.05) is 14.9 Å². The van der Waals surface area contributed by atoms with Crippen molar-refractivity contribution in [2.24, 2.45) is 0 Å². The molecule has 31 heavy (non-hydrogen) atoms. The van der Waals surface area contributed by atoms with E-state index in [0.717, 1.165) is 11.3 Å². The van der Waals surface area contributed by atoms with Crippen LogP contribution in [-0.4, -0.2) is 32.7 Å². The van der Waals surface area contributed by atoms with Crippen molar-refractivity contribution in [1.29, 1.82) is 0 Å². The number of esters is 1. The van der Waals surface area contributed by atoms with Gasteiger partial charge in [0.05, 0.1) is 22.4 Å². The predicted octanol–water partition coefficient (Wildman–Crippen LogP) is 5.26. The third-order valence-electron chi connectivity index (χ3n) is 3.87. The summed E-state index contributed by atoms with van der Waals surface area (Å²) in [6, 6.07) is 8.38. The van der Waals surface area contributed by atoms with E-state index in [9.17, 15) is 22.7 Å². The highest BCUT2D eigenvalue weighted by molar-refractivity contribution is 9.10. The number of benzene rings is 2. The Hall–Kier alpha value is -1.17. The van der Waals surface area contributed by atoms with Crippen molar-refractivity contribution in [2.45, 2.75) is 4.21 Å². The second-order valence-electron chi connectivity index (χ2n) is 6.01. The third-order valence-corrected chi connectivity index (χ3v) is 9.63. The molecule has 1 atom stereocenters. The first-order valence-electron chi connectivity index (χ1n) is 8.20. The maximum absolute atomic E-state index is 12.6. The van der Waals surface area contributed by atoms with Gasteiger partial charge in [-0.2, -0.15) is 4.72 Å². The van der Waals surface area contributed by atoms with Gasteiger partial charge in [-0.05, 0) is 52.3 Å². The Bertz CT molecular complexity index is 1290. The highest BCUT2D eigenvalue weighted by Crippen LogP contribution is 2.43. The summed E-state index contributed by atoms with van der Waals surface area (Å²) in [5.41, 5.74) is 0.0691. The predicted molar refractivity (Wildman–Crippen MR) is 123 cm³/mol. The van der Waals surface area contributed by atoms with Gasteiger partial charge in [-0.1, -0.05) is 23.2 Å². The van der Waals surface area contributed by atoms with E-state index < -0.39 is 29.9 Å². The second-order valence-corrected chi connectivity index (χ2v) is 12.5. The van der Waals surface area contributed by atoms with Crippen molar-refractivity contribution in [2.75, 3.05) is 13.4 Å². The molecule has 1 heterocycles. The number of fused-ring (bicyclic) bond motifs is 1. The van der Waals surface area contributed by atoms with E-state index in [-0.39, 0.29) is 15.5 Å². The molecule has 8 nitrogen and oxygen atoms in total. The van der Waals surface area contributed by atoms with E-state index in [1.807, 2.05) is 0 Å². The number of halogens is 3. The molecular weight excluding hydrogens is 576 g/mol. The first-order chi connectivity index (χ1) is 14.4. The van der Waals surface area contributed by atoms with Crippen molar-refractivity contribution < 1.29 is 31.9 Å². The van der Waals surface area contributed by atoms with E-state index in [1.54, 1.807) is 12.1 Å². The molecule has 0 aliphatic heterocycles. The zero-order valence-electron chi connectivity index (χ0n) is 15.5. The number of carbonyl (C=O) groups is 1. The topological polar surface area (TPSA) is 119 Å². The molecule has 0 aliphatic carbocycles. The number of methoxy groups -OCH3 is 1. The quantitative estimate of drug-likeness (QED) is 0.285. The summed E-state index contributed by atoms with van der Waals surface area (Å²) in [5, 5.41) is 1.11. The van der Waals surface area contributed by atoms with Crippen LogP contribution in [0.1, 0.15) is 10.4 Å². The average molecular weight is 589 g/mol. The molecule has 1 unspecified atom stereocenters. The number of hydrogen-bond acceptors (Lipinski definition) is 7. The van der Waals surface area contributed by atoms with Crippen LogP contribution in [0, 0.1) is 0 Å². The minimum Gasteiger partial charge on any atom is -0.465 e. The molecule has 0 aliphatic rings. The highest BCUT2D eigenvalue weighted by Gasteiger charge is 2.27. The normalized spacial score (nSPS) is 13.7. The Labute approximate surface area is 199 Å². The summed E-state index contributed by atoms with van der Waals surface area (Å²) < 4.78 is 50.1. The molecule has 0 saturated heterocycles. The van der Waals surface area contributed by atoms with Gasteiger partial charge >= 0.3 is 13.6 Å². The number of ether oxygens (including phenoxy) is 1. The fourth-order valence-corrected chi connectivity index (χ4v) is 7.33. The van der Waals surface area contributed by atoms with E-state index in [1.165, 1.54) is 31.4 Å². The Kier molecular flexibility index (Phi) is 7.39. The van der Waals surface area contributed by atoms with Gasteiger partial charge in [-0.3, -0.25) is 0 Å². The van der Waals surface area contributed by atoms with E-state index in [2.05, 4.69) is 25.4 Å². The lowest BCUT2D eigenvalue weighted by Gasteiger charge is -2.15. The monoisotopic (exact) mass is 587 g/mol. The number of hydrogen-bond donors (Lipinski definition) is 2. The van der Waals surface area contributed by atoms with E-state index in [4.69, 9.17) is 27.7 Å². The summed E-state index contributed by atoms with van der Waals surface area (Å²) in [5.74, 6) is -0.804. The SMILES string of the molecule is COC(=O)c1cc(OP(=O)(O)CNS(=O)(=O)c2cc3c(Cl)ccc(Cl)c3s2)ccc1Br. The smallest absolute Gasteiger partial charge is 0.391 e. The molecule has 0 spiro atoms. The Morgan fingerprint density at radius 1 is 1.23 bits per heavy atom. The lowest BCUT2D eigenvalue weighted by Crippen LogP contribution is -2.25. The van der Waals surface area contributed by atoms with Crippen LogP contribution in [0.15, 0.2) is 45.1 Å². The molecule has 166 valence electrons. The van der Waals surface area contributed by atoms with Crippen LogP contribution in [0.25, 0.3) is 10.1 Å². The van der Waals surface area contributed by atoms with Gasteiger partial charge in [-0.25, -0.2) is 17.8 Å². The van der Waals surface area contributed by atoms with Crippen LogP contribution >= 0.6 is 58.1 Å². The second kappa shape index (κ2) is 9.36. The van der Waals surface area contributed by atoms with Crippen molar-refractivity contribution in [3.63, 3.8) is 0 Å². The molecule has 3 rings (SSSR count). The van der Waals surface area contributed by atoms with Crippen molar-refractivity contribution in [3.05, 3.63) is 56.5 Å². The summed E-state index contributed by atoms with van der Waals surface area (Å²) >= 11 is 16.2. The molecule has 0 bridgehead atoms.